The molecule has 1 N–H and O–H groups in total. The first-order valence-corrected chi connectivity index (χ1v) is 12.4. The SMILES string of the molecule is CC(=O)c1sc(NP(=O)(C=C(Cl)c2ccccc2)/C=C(\Cl)c2ccccc2)nc1C. The van der Waals surface area contributed by atoms with Gasteiger partial charge in [0.1, 0.15) is 0 Å². The molecule has 1 heterocycles. The average Bonchev–Trinajstić information content (AvgIpc) is 3.09. The van der Waals surface area contributed by atoms with Crippen molar-refractivity contribution in [3.63, 3.8) is 0 Å². The fraction of sp³-hybridized carbons (Fsp3) is 0.0909. The number of halogens is 2. The van der Waals surface area contributed by atoms with E-state index in [9.17, 15) is 9.36 Å². The predicted molar refractivity (Wildman–Crippen MR) is 129 cm³/mol. The van der Waals surface area contributed by atoms with Crippen LogP contribution in [0.2, 0.25) is 0 Å². The molecule has 3 aromatic rings. The molecule has 0 fully saturated rings. The van der Waals surface area contributed by atoms with Crippen LogP contribution in [0.25, 0.3) is 10.1 Å². The zero-order chi connectivity index (χ0) is 21.7. The van der Waals surface area contributed by atoms with Gasteiger partial charge in [-0.15, -0.1) is 0 Å². The lowest BCUT2D eigenvalue weighted by Gasteiger charge is -2.13. The lowest BCUT2D eigenvalue weighted by Crippen LogP contribution is -1.94. The number of carbonyl (C=O) groups is 1. The number of aryl methyl sites for hydroxylation is 1. The van der Waals surface area contributed by atoms with Gasteiger partial charge < -0.3 is 5.09 Å². The maximum atomic E-state index is 13.9. The zero-order valence-corrected chi connectivity index (χ0v) is 19.5. The Hall–Kier alpha value is -2.17. The molecule has 4 nitrogen and oxygen atoms in total. The summed E-state index contributed by atoms with van der Waals surface area (Å²) in [5.41, 5.74) is 2.04. The number of rotatable bonds is 7. The van der Waals surface area contributed by atoms with E-state index < -0.39 is 7.29 Å². The Kier molecular flexibility index (Phi) is 7.32. The number of hydrogen-bond acceptors (Lipinski definition) is 4. The first kappa shape index (κ1) is 22.5. The fourth-order valence-corrected chi connectivity index (χ4v) is 6.67. The summed E-state index contributed by atoms with van der Waals surface area (Å²) in [6, 6.07) is 18.4. The summed E-state index contributed by atoms with van der Waals surface area (Å²) in [6.45, 7) is 3.21. The van der Waals surface area contributed by atoms with Crippen LogP contribution in [-0.2, 0) is 4.57 Å². The van der Waals surface area contributed by atoms with Crippen LogP contribution >= 0.6 is 41.8 Å². The van der Waals surface area contributed by atoms with Gasteiger partial charge in [0.2, 0.25) is 7.29 Å². The third-order valence-corrected chi connectivity index (χ3v) is 8.22. The lowest BCUT2D eigenvalue weighted by atomic mass is 10.2. The van der Waals surface area contributed by atoms with Crippen LogP contribution in [0, 0.1) is 6.92 Å². The van der Waals surface area contributed by atoms with Crippen molar-refractivity contribution >= 4 is 62.8 Å². The van der Waals surface area contributed by atoms with Crippen LogP contribution in [0.15, 0.2) is 72.3 Å². The molecule has 1 atom stereocenters. The Bertz CT molecular complexity index is 1100. The van der Waals surface area contributed by atoms with E-state index in [1.54, 1.807) is 6.92 Å². The van der Waals surface area contributed by atoms with E-state index in [4.69, 9.17) is 23.2 Å². The van der Waals surface area contributed by atoms with E-state index in [1.165, 1.54) is 18.6 Å². The second-order valence-corrected chi connectivity index (χ2v) is 10.5. The Morgan fingerprint density at radius 3 is 1.83 bits per heavy atom. The molecule has 0 bridgehead atoms. The maximum Gasteiger partial charge on any atom is 0.217 e. The number of nitrogens with one attached hydrogen (secondary N) is 1. The van der Waals surface area contributed by atoms with Gasteiger partial charge in [0.05, 0.1) is 20.6 Å². The van der Waals surface area contributed by atoms with Crippen molar-refractivity contribution < 1.29 is 9.36 Å². The van der Waals surface area contributed by atoms with Crippen molar-refractivity contribution in [1.82, 2.24) is 4.98 Å². The van der Waals surface area contributed by atoms with Gasteiger partial charge >= 0.3 is 0 Å². The number of carbonyl (C=O) groups excluding carboxylic acids is 1. The highest BCUT2D eigenvalue weighted by Crippen LogP contribution is 2.54. The minimum atomic E-state index is -3.42. The lowest BCUT2D eigenvalue weighted by molar-refractivity contribution is 0.102. The number of benzene rings is 2. The Balaban J connectivity index is 2.05. The molecule has 3 rings (SSSR count). The molecular formula is C22H19Cl2N2O2PS. The molecule has 0 spiro atoms. The molecule has 8 heteroatoms. The third-order valence-electron chi connectivity index (χ3n) is 4.10. The van der Waals surface area contributed by atoms with E-state index in [2.05, 4.69) is 10.1 Å². The summed E-state index contributed by atoms with van der Waals surface area (Å²) in [4.78, 5) is 16.6. The summed E-state index contributed by atoms with van der Waals surface area (Å²) < 4.78 is 13.9. The highest BCUT2D eigenvalue weighted by Gasteiger charge is 2.22. The first-order chi connectivity index (χ1) is 14.3. The third kappa shape index (κ3) is 5.71. The van der Waals surface area contributed by atoms with Gasteiger partial charge in [0.15, 0.2) is 10.9 Å². The molecule has 1 unspecified atom stereocenters. The molecule has 0 aliphatic rings. The van der Waals surface area contributed by atoms with Gasteiger partial charge in [0.25, 0.3) is 0 Å². The highest BCUT2D eigenvalue weighted by molar-refractivity contribution is 7.72. The van der Waals surface area contributed by atoms with Crippen LogP contribution in [0.5, 0.6) is 0 Å². The molecule has 0 amide bonds. The molecule has 2 aromatic carbocycles. The van der Waals surface area contributed by atoms with Gasteiger partial charge in [-0.1, -0.05) is 95.2 Å². The van der Waals surface area contributed by atoms with Crippen LogP contribution < -0.4 is 5.09 Å². The summed E-state index contributed by atoms with van der Waals surface area (Å²) in [5.74, 6) is 2.82. The Morgan fingerprint density at radius 1 is 0.967 bits per heavy atom. The quantitative estimate of drug-likeness (QED) is 0.278. The number of anilines is 1. The summed E-state index contributed by atoms with van der Waals surface area (Å²) >= 11 is 14.1. The van der Waals surface area contributed by atoms with E-state index in [0.717, 1.165) is 22.5 Å². The highest BCUT2D eigenvalue weighted by atomic mass is 35.5. The van der Waals surface area contributed by atoms with Crippen LogP contribution in [0.3, 0.4) is 0 Å². The molecule has 30 heavy (non-hydrogen) atoms. The van der Waals surface area contributed by atoms with Gasteiger partial charge in [-0.05, 0) is 18.1 Å². The number of hydrogen-bond donors (Lipinski definition) is 1. The monoisotopic (exact) mass is 476 g/mol. The maximum absolute atomic E-state index is 13.9. The van der Waals surface area contributed by atoms with Gasteiger partial charge in [-0.25, -0.2) is 4.98 Å². The van der Waals surface area contributed by atoms with Crippen molar-refractivity contribution in [1.29, 1.82) is 0 Å². The van der Waals surface area contributed by atoms with Gasteiger partial charge in [-0.3, -0.25) is 9.36 Å². The zero-order valence-electron chi connectivity index (χ0n) is 16.3. The molecule has 0 saturated carbocycles. The van der Waals surface area contributed by atoms with Crippen molar-refractivity contribution in [3.8, 4) is 0 Å². The number of nitrogens with zero attached hydrogens (tertiary/aromatic N) is 1. The van der Waals surface area contributed by atoms with Crippen LogP contribution in [0.1, 0.15) is 33.4 Å². The first-order valence-electron chi connectivity index (χ1n) is 9.01. The Labute approximate surface area is 189 Å². The summed E-state index contributed by atoms with van der Waals surface area (Å²) in [5, 5.41) is 3.97. The van der Waals surface area contributed by atoms with Crippen LogP contribution in [0.4, 0.5) is 5.13 Å². The topological polar surface area (TPSA) is 59.1 Å². The van der Waals surface area contributed by atoms with Crippen LogP contribution in [-0.4, -0.2) is 10.8 Å². The Morgan fingerprint density at radius 2 is 1.43 bits per heavy atom. The number of Topliss-reactive ketones (excluding diaryl/α,β-unsaturated/α-hetero) is 1. The summed E-state index contributed by atoms with van der Waals surface area (Å²) in [6.07, 6.45) is 0. The molecule has 0 aliphatic heterocycles. The second kappa shape index (κ2) is 9.76. The van der Waals surface area contributed by atoms with Gasteiger partial charge in [-0.2, -0.15) is 0 Å². The predicted octanol–water partition coefficient (Wildman–Crippen LogP) is 7.82. The van der Waals surface area contributed by atoms with Crippen molar-refractivity contribution in [2.24, 2.45) is 0 Å². The molecule has 0 aliphatic carbocycles. The number of thiazole rings is 1. The van der Waals surface area contributed by atoms with E-state index in [-0.39, 0.29) is 5.78 Å². The number of aromatic nitrogens is 1. The van der Waals surface area contributed by atoms with E-state index in [0.29, 0.717) is 25.8 Å². The molecule has 0 radical (unpaired) electrons. The minimum Gasteiger partial charge on any atom is -0.306 e. The molecule has 0 saturated heterocycles. The molecular weight excluding hydrogens is 458 g/mol. The van der Waals surface area contributed by atoms with Crippen molar-refractivity contribution in [3.05, 3.63) is 94.0 Å². The van der Waals surface area contributed by atoms with E-state index >= 15 is 0 Å². The van der Waals surface area contributed by atoms with E-state index in [1.807, 2.05) is 60.7 Å². The normalized spacial score (nSPS) is 14.3. The smallest absolute Gasteiger partial charge is 0.217 e. The van der Waals surface area contributed by atoms with Crippen molar-refractivity contribution in [2.45, 2.75) is 13.8 Å². The molecule has 1 aromatic heterocycles. The largest absolute Gasteiger partial charge is 0.306 e. The molecule has 154 valence electrons. The fourth-order valence-electron chi connectivity index (χ4n) is 2.70. The second-order valence-electron chi connectivity index (χ2n) is 6.50. The number of ketones is 1. The van der Waals surface area contributed by atoms with Crippen molar-refractivity contribution in [2.75, 3.05) is 5.09 Å². The minimum absolute atomic E-state index is 0.0939. The van der Waals surface area contributed by atoms with Gasteiger partial charge in [0, 0.05) is 18.6 Å². The standard InChI is InChI=1S/C22H19Cl2N2O2PS/c1-15-21(16(2)27)30-22(25-15)26-29(28,13-19(23)17-9-5-3-6-10-17)14-20(24)18-11-7-4-8-12-18/h3-14H,1-2H3,(H,25,26,28)/b19-13-,20-14?. The summed E-state index contributed by atoms with van der Waals surface area (Å²) in [7, 11) is -3.42. The average molecular weight is 477 g/mol.